The Kier molecular flexibility index (Phi) is 4.72. The summed E-state index contributed by atoms with van der Waals surface area (Å²) >= 11 is 9.05. The third-order valence-corrected chi connectivity index (χ3v) is 4.64. The van der Waals surface area contributed by atoms with Gasteiger partial charge >= 0.3 is 0 Å². The van der Waals surface area contributed by atoms with Gasteiger partial charge in [0.05, 0.1) is 9.95 Å². The van der Waals surface area contributed by atoms with E-state index in [9.17, 15) is 14.5 Å². The average Bonchev–Trinajstić information content (AvgIpc) is 2.21. The van der Waals surface area contributed by atoms with E-state index in [2.05, 4.69) is 15.9 Å². The molecule has 0 aromatic heterocycles. The molecule has 1 aromatic rings. The molecule has 0 spiro atoms. The van der Waals surface area contributed by atoms with E-state index in [0.29, 0.717) is 12.0 Å². The lowest BCUT2D eigenvalue weighted by Gasteiger charge is -2.25. The Bertz CT molecular complexity index is 474. The van der Waals surface area contributed by atoms with Crippen LogP contribution in [-0.2, 0) is 6.42 Å². The molecule has 18 heavy (non-hydrogen) atoms. The minimum atomic E-state index is -0.633. The van der Waals surface area contributed by atoms with Gasteiger partial charge in [-0.25, -0.2) is 4.39 Å². The van der Waals surface area contributed by atoms with E-state index in [-0.39, 0.29) is 21.0 Å². The van der Waals surface area contributed by atoms with E-state index < -0.39 is 10.7 Å². The minimum Gasteiger partial charge on any atom is -0.258 e. The van der Waals surface area contributed by atoms with Gasteiger partial charge in [0, 0.05) is 16.5 Å². The summed E-state index contributed by atoms with van der Waals surface area (Å²) < 4.78 is 13.4. The van der Waals surface area contributed by atoms with E-state index in [0.717, 1.165) is 12.1 Å². The fraction of sp³-hybridized carbons (Fsp3) is 0.500. The minimum absolute atomic E-state index is 0.00396. The predicted molar refractivity (Wildman–Crippen MR) is 73.9 cm³/mol. The standard InChI is InChI=1S/C12H14BrClFNO2/c1-12(2,3)11(13)5-7-4-9(15)8(14)6-10(7)16(17)18/h4,6,11H,5H2,1-3H3. The second-order valence-corrected chi connectivity index (χ2v) is 6.70. The van der Waals surface area contributed by atoms with Crippen LogP contribution < -0.4 is 0 Å². The van der Waals surface area contributed by atoms with Crippen molar-refractivity contribution in [1.29, 1.82) is 0 Å². The number of halogens is 3. The van der Waals surface area contributed by atoms with Crippen LogP contribution in [0.2, 0.25) is 5.02 Å². The maximum absolute atomic E-state index is 13.4. The number of hydrogen-bond acceptors (Lipinski definition) is 2. The Morgan fingerprint density at radius 3 is 2.50 bits per heavy atom. The van der Waals surface area contributed by atoms with Crippen molar-refractivity contribution in [2.75, 3.05) is 0 Å². The molecule has 6 heteroatoms. The summed E-state index contributed by atoms with van der Waals surface area (Å²) in [5.74, 6) is -0.633. The van der Waals surface area contributed by atoms with E-state index in [1.54, 1.807) is 0 Å². The van der Waals surface area contributed by atoms with Gasteiger partial charge in [-0.1, -0.05) is 48.3 Å². The van der Waals surface area contributed by atoms with Crippen LogP contribution in [0.4, 0.5) is 10.1 Å². The topological polar surface area (TPSA) is 43.1 Å². The third kappa shape index (κ3) is 3.65. The molecule has 0 aliphatic heterocycles. The fourth-order valence-corrected chi connectivity index (χ4v) is 1.92. The Morgan fingerprint density at radius 2 is 2.06 bits per heavy atom. The Balaban J connectivity index is 3.15. The van der Waals surface area contributed by atoms with Crippen LogP contribution in [0.25, 0.3) is 0 Å². The lowest BCUT2D eigenvalue weighted by molar-refractivity contribution is -0.385. The first-order valence-electron chi connectivity index (χ1n) is 5.39. The quantitative estimate of drug-likeness (QED) is 0.454. The summed E-state index contributed by atoms with van der Waals surface area (Å²) in [6, 6.07) is 2.20. The highest BCUT2D eigenvalue weighted by atomic mass is 79.9. The molecule has 0 amide bonds. The second kappa shape index (κ2) is 5.53. The van der Waals surface area contributed by atoms with Gasteiger partial charge in [-0.15, -0.1) is 0 Å². The van der Waals surface area contributed by atoms with Crippen LogP contribution >= 0.6 is 27.5 Å². The lowest BCUT2D eigenvalue weighted by Crippen LogP contribution is -2.22. The molecule has 0 fully saturated rings. The summed E-state index contributed by atoms with van der Waals surface area (Å²) in [7, 11) is 0. The highest BCUT2D eigenvalue weighted by Gasteiger charge is 2.26. The maximum atomic E-state index is 13.4. The molecule has 0 aliphatic carbocycles. The monoisotopic (exact) mass is 337 g/mol. The molecular weight excluding hydrogens is 324 g/mol. The van der Waals surface area contributed by atoms with Crippen LogP contribution in [0.5, 0.6) is 0 Å². The Labute approximate surface area is 119 Å². The number of benzene rings is 1. The van der Waals surface area contributed by atoms with Gasteiger partial charge in [0.15, 0.2) is 0 Å². The summed E-state index contributed by atoms with van der Waals surface area (Å²) in [5, 5.41) is 10.7. The largest absolute Gasteiger partial charge is 0.274 e. The Morgan fingerprint density at radius 1 is 1.50 bits per heavy atom. The van der Waals surface area contributed by atoms with Gasteiger partial charge in [-0.05, 0) is 17.9 Å². The van der Waals surface area contributed by atoms with E-state index >= 15 is 0 Å². The highest BCUT2D eigenvalue weighted by Crippen LogP contribution is 2.33. The van der Waals surface area contributed by atoms with Crippen LogP contribution in [-0.4, -0.2) is 9.75 Å². The summed E-state index contributed by atoms with van der Waals surface area (Å²) in [6.45, 7) is 6.01. The lowest BCUT2D eigenvalue weighted by atomic mass is 9.88. The first kappa shape index (κ1) is 15.4. The van der Waals surface area contributed by atoms with E-state index in [1.165, 1.54) is 0 Å². The molecule has 0 N–H and O–H groups in total. The van der Waals surface area contributed by atoms with Gasteiger partial charge < -0.3 is 0 Å². The summed E-state index contributed by atoms with van der Waals surface area (Å²) in [4.78, 5) is 10.4. The van der Waals surface area contributed by atoms with Crippen molar-refractivity contribution in [3.63, 3.8) is 0 Å². The number of rotatable bonds is 3. The normalized spacial score (nSPS) is 13.4. The SMILES string of the molecule is CC(C)(C)C(Br)Cc1cc(F)c(Cl)cc1[N+](=O)[O-]. The van der Waals surface area contributed by atoms with E-state index in [1.807, 2.05) is 20.8 Å². The number of alkyl halides is 1. The van der Waals surface area contributed by atoms with Crippen molar-refractivity contribution >= 4 is 33.2 Å². The molecule has 1 aromatic carbocycles. The first-order valence-corrected chi connectivity index (χ1v) is 6.68. The van der Waals surface area contributed by atoms with E-state index in [4.69, 9.17) is 11.6 Å². The van der Waals surface area contributed by atoms with Crippen LogP contribution in [0, 0.1) is 21.3 Å². The zero-order valence-electron chi connectivity index (χ0n) is 10.3. The molecular formula is C12H14BrClFNO2. The molecule has 1 unspecified atom stereocenters. The molecule has 0 saturated heterocycles. The zero-order chi connectivity index (χ0) is 14.1. The predicted octanol–water partition coefficient (Wildman–Crippen LogP) is 4.74. The van der Waals surface area contributed by atoms with Crippen LogP contribution in [0.3, 0.4) is 0 Å². The third-order valence-electron chi connectivity index (χ3n) is 2.66. The van der Waals surface area contributed by atoms with Crippen molar-refractivity contribution < 1.29 is 9.31 Å². The first-order chi connectivity index (χ1) is 8.12. The summed E-state index contributed by atoms with van der Waals surface area (Å²) in [6.07, 6.45) is 0.369. The van der Waals surface area contributed by atoms with Crippen molar-refractivity contribution in [3.8, 4) is 0 Å². The second-order valence-electron chi connectivity index (χ2n) is 5.19. The average molecular weight is 339 g/mol. The molecule has 3 nitrogen and oxygen atoms in total. The van der Waals surface area contributed by atoms with Gasteiger partial charge in [0.1, 0.15) is 5.82 Å². The number of hydrogen-bond donors (Lipinski definition) is 0. The van der Waals surface area contributed by atoms with Crippen LogP contribution in [0.1, 0.15) is 26.3 Å². The molecule has 0 saturated carbocycles. The molecule has 1 atom stereocenters. The van der Waals surface area contributed by atoms with Crippen molar-refractivity contribution in [3.05, 3.63) is 38.7 Å². The number of nitrogens with zero attached hydrogens (tertiary/aromatic N) is 1. The Hall–Kier alpha value is -0.680. The van der Waals surface area contributed by atoms with Crippen molar-refractivity contribution in [2.45, 2.75) is 32.0 Å². The molecule has 0 heterocycles. The van der Waals surface area contributed by atoms with Crippen molar-refractivity contribution in [1.82, 2.24) is 0 Å². The zero-order valence-corrected chi connectivity index (χ0v) is 12.7. The van der Waals surface area contributed by atoms with Gasteiger partial charge in [0.2, 0.25) is 0 Å². The van der Waals surface area contributed by atoms with Gasteiger partial charge in [0.25, 0.3) is 5.69 Å². The van der Waals surface area contributed by atoms with Crippen LogP contribution in [0.15, 0.2) is 12.1 Å². The summed E-state index contributed by atoms with van der Waals surface area (Å²) in [5.41, 5.74) is 0.123. The molecule has 0 bridgehead atoms. The highest BCUT2D eigenvalue weighted by molar-refractivity contribution is 9.09. The van der Waals surface area contributed by atoms with Gasteiger partial charge in [-0.2, -0.15) is 0 Å². The molecule has 1 rings (SSSR count). The fourth-order valence-electron chi connectivity index (χ4n) is 1.41. The van der Waals surface area contributed by atoms with Gasteiger partial charge in [-0.3, -0.25) is 10.1 Å². The molecule has 100 valence electrons. The molecule has 0 aliphatic rings. The number of nitro groups is 1. The number of nitro benzene ring substituents is 1. The molecule has 0 radical (unpaired) electrons. The van der Waals surface area contributed by atoms with Crippen molar-refractivity contribution in [2.24, 2.45) is 5.41 Å². The smallest absolute Gasteiger partial charge is 0.258 e. The maximum Gasteiger partial charge on any atom is 0.274 e.